The fourth-order valence-electron chi connectivity index (χ4n) is 3.12. The number of nitrogens with one attached hydrogen (secondary N) is 1. The van der Waals surface area contributed by atoms with E-state index in [0.29, 0.717) is 22.9 Å². The van der Waals surface area contributed by atoms with Crippen molar-refractivity contribution in [2.24, 2.45) is 0 Å². The number of carbonyl (C=O) groups is 1. The molecule has 3 aromatic rings. The molecule has 1 heterocycles. The number of anilines is 1. The highest BCUT2D eigenvalue weighted by Gasteiger charge is 2.17. The molecule has 7 heteroatoms. The van der Waals surface area contributed by atoms with Gasteiger partial charge in [0.15, 0.2) is 0 Å². The normalized spacial score (nSPS) is 11.2. The van der Waals surface area contributed by atoms with Gasteiger partial charge in [-0.3, -0.25) is 4.79 Å². The molecule has 0 aliphatic heterocycles. The summed E-state index contributed by atoms with van der Waals surface area (Å²) >= 11 is 1.22. The Labute approximate surface area is 181 Å². The van der Waals surface area contributed by atoms with Crippen molar-refractivity contribution in [1.82, 2.24) is 10.2 Å². The number of hydrogen-bond donors (Lipinski definition) is 1. The lowest BCUT2D eigenvalue weighted by Gasteiger charge is -2.20. The van der Waals surface area contributed by atoms with Gasteiger partial charge in [0.05, 0.1) is 12.9 Å². The largest absolute Gasteiger partial charge is 0.497 e. The molecule has 0 aliphatic carbocycles. The summed E-state index contributed by atoms with van der Waals surface area (Å²) in [5.41, 5.74) is 3.99. The average molecular weight is 426 g/mol. The Hall–Kier alpha value is -2.80. The molecular formula is C23H27N3O3S. The number of amides is 1. The van der Waals surface area contributed by atoms with Gasteiger partial charge in [-0.15, -0.1) is 10.2 Å². The zero-order valence-corrected chi connectivity index (χ0v) is 18.7. The van der Waals surface area contributed by atoms with E-state index in [1.807, 2.05) is 30.3 Å². The van der Waals surface area contributed by atoms with Gasteiger partial charge in [0.2, 0.25) is 11.8 Å². The van der Waals surface area contributed by atoms with Crippen molar-refractivity contribution in [2.45, 2.75) is 44.8 Å². The summed E-state index contributed by atoms with van der Waals surface area (Å²) in [6.07, 6.45) is 0. The molecule has 158 valence electrons. The molecule has 1 N–H and O–H groups in total. The quantitative estimate of drug-likeness (QED) is 0.465. The standard InChI is InChI=1S/C23H27N3O3S/c1-14(2)18-7-6-8-19(15(3)4)21(18)24-20(27)13-30-23-26-25-22(29-23)16-9-11-17(28-5)12-10-16/h6-12,14-15H,13H2,1-5H3,(H,24,27). The highest BCUT2D eigenvalue weighted by Crippen LogP contribution is 2.33. The molecule has 3 rings (SSSR count). The van der Waals surface area contributed by atoms with Crippen molar-refractivity contribution in [2.75, 3.05) is 18.2 Å². The Kier molecular flexibility index (Phi) is 7.15. The SMILES string of the molecule is COc1ccc(-c2nnc(SCC(=O)Nc3c(C(C)C)cccc3C(C)C)o2)cc1. The van der Waals surface area contributed by atoms with Crippen LogP contribution in [0, 0.1) is 0 Å². The summed E-state index contributed by atoms with van der Waals surface area (Å²) < 4.78 is 10.8. The van der Waals surface area contributed by atoms with Crippen LogP contribution in [0.15, 0.2) is 52.1 Å². The second-order valence-corrected chi connectivity index (χ2v) is 8.49. The lowest BCUT2D eigenvalue weighted by molar-refractivity contribution is -0.113. The topological polar surface area (TPSA) is 77.2 Å². The second-order valence-electron chi connectivity index (χ2n) is 7.56. The Balaban J connectivity index is 1.66. The lowest BCUT2D eigenvalue weighted by Crippen LogP contribution is -2.17. The Morgan fingerprint density at radius 2 is 1.67 bits per heavy atom. The molecule has 2 aromatic carbocycles. The zero-order chi connectivity index (χ0) is 21.7. The van der Waals surface area contributed by atoms with Gasteiger partial charge in [-0.05, 0) is 47.2 Å². The number of rotatable bonds is 8. The maximum Gasteiger partial charge on any atom is 0.277 e. The van der Waals surface area contributed by atoms with Crippen molar-refractivity contribution in [3.63, 3.8) is 0 Å². The summed E-state index contributed by atoms with van der Waals surface area (Å²) in [5.74, 6) is 1.89. The van der Waals surface area contributed by atoms with E-state index in [1.165, 1.54) is 11.8 Å². The molecule has 30 heavy (non-hydrogen) atoms. The first kappa shape index (κ1) is 21.9. The van der Waals surface area contributed by atoms with Gasteiger partial charge < -0.3 is 14.5 Å². The minimum Gasteiger partial charge on any atom is -0.497 e. The number of carbonyl (C=O) groups excluding carboxylic acids is 1. The van der Waals surface area contributed by atoms with Gasteiger partial charge in [-0.1, -0.05) is 57.7 Å². The zero-order valence-electron chi connectivity index (χ0n) is 17.9. The van der Waals surface area contributed by atoms with E-state index in [9.17, 15) is 4.79 Å². The summed E-state index contributed by atoms with van der Waals surface area (Å²) in [4.78, 5) is 12.6. The molecule has 0 bridgehead atoms. The molecule has 1 aromatic heterocycles. The Bertz CT molecular complexity index is 971. The van der Waals surface area contributed by atoms with E-state index in [-0.39, 0.29) is 11.7 Å². The third-order valence-electron chi connectivity index (χ3n) is 4.71. The Morgan fingerprint density at radius 1 is 1.03 bits per heavy atom. The molecule has 0 aliphatic rings. The number of aromatic nitrogens is 2. The molecule has 0 radical (unpaired) electrons. The predicted octanol–water partition coefficient (Wildman–Crippen LogP) is 5.72. The molecule has 0 unspecified atom stereocenters. The van der Waals surface area contributed by atoms with Crippen LogP contribution in [0.4, 0.5) is 5.69 Å². The van der Waals surface area contributed by atoms with E-state index >= 15 is 0 Å². The number of ether oxygens (including phenoxy) is 1. The first-order chi connectivity index (χ1) is 14.4. The molecule has 0 spiro atoms. The van der Waals surface area contributed by atoms with Gasteiger partial charge in [-0.2, -0.15) is 0 Å². The van der Waals surface area contributed by atoms with Crippen molar-refractivity contribution < 1.29 is 13.9 Å². The van der Waals surface area contributed by atoms with Crippen LogP contribution < -0.4 is 10.1 Å². The third kappa shape index (κ3) is 5.21. The van der Waals surface area contributed by atoms with E-state index < -0.39 is 0 Å². The van der Waals surface area contributed by atoms with Crippen molar-refractivity contribution >= 4 is 23.4 Å². The highest BCUT2D eigenvalue weighted by atomic mass is 32.2. The molecule has 1 amide bonds. The number of nitrogens with zero attached hydrogens (tertiary/aromatic N) is 2. The predicted molar refractivity (Wildman–Crippen MR) is 120 cm³/mol. The number of hydrogen-bond acceptors (Lipinski definition) is 6. The fraction of sp³-hybridized carbons (Fsp3) is 0.348. The van der Waals surface area contributed by atoms with Gasteiger partial charge in [-0.25, -0.2) is 0 Å². The third-order valence-corrected chi connectivity index (χ3v) is 5.53. The molecule has 0 saturated carbocycles. The first-order valence-corrected chi connectivity index (χ1v) is 10.9. The van der Waals surface area contributed by atoms with Crippen molar-refractivity contribution in [1.29, 1.82) is 0 Å². The van der Waals surface area contributed by atoms with Crippen LogP contribution in [-0.4, -0.2) is 29.0 Å². The monoisotopic (exact) mass is 425 g/mol. The number of para-hydroxylation sites is 1. The van der Waals surface area contributed by atoms with Crippen LogP contribution in [-0.2, 0) is 4.79 Å². The highest BCUT2D eigenvalue weighted by molar-refractivity contribution is 7.99. The van der Waals surface area contributed by atoms with E-state index in [2.05, 4.69) is 55.3 Å². The average Bonchev–Trinajstić information content (AvgIpc) is 3.21. The second kappa shape index (κ2) is 9.80. The molecule has 0 atom stereocenters. The number of benzene rings is 2. The smallest absolute Gasteiger partial charge is 0.277 e. The molecular weight excluding hydrogens is 398 g/mol. The van der Waals surface area contributed by atoms with Gasteiger partial charge in [0, 0.05) is 11.3 Å². The first-order valence-electron chi connectivity index (χ1n) is 9.92. The lowest BCUT2D eigenvalue weighted by atomic mass is 9.92. The summed E-state index contributed by atoms with van der Waals surface area (Å²) in [6, 6.07) is 13.6. The van der Waals surface area contributed by atoms with E-state index in [1.54, 1.807) is 7.11 Å². The minimum atomic E-state index is -0.0980. The van der Waals surface area contributed by atoms with Crippen LogP contribution in [0.5, 0.6) is 5.75 Å². The summed E-state index contributed by atoms with van der Waals surface area (Å²) in [6.45, 7) is 8.51. The number of thioether (sulfide) groups is 1. The minimum absolute atomic E-state index is 0.0980. The van der Waals surface area contributed by atoms with Crippen LogP contribution in [0.2, 0.25) is 0 Å². The fourth-order valence-corrected chi connectivity index (χ4v) is 3.68. The van der Waals surface area contributed by atoms with Crippen LogP contribution in [0.3, 0.4) is 0 Å². The maximum atomic E-state index is 12.6. The van der Waals surface area contributed by atoms with E-state index in [0.717, 1.165) is 28.1 Å². The van der Waals surface area contributed by atoms with Gasteiger partial charge in [0.1, 0.15) is 5.75 Å². The molecule has 0 saturated heterocycles. The Morgan fingerprint density at radius 3 is 2.23 bits per heavy atom. The maximum absolute atomic E-state index is 12.6. The number of methoxy groups -OCH3 is 1. The van der Waals surface area contributed by atoms with Crippen LogP contribution in [0.25, 0.3) is 11.5 Å². The van der Waals surface area contributed by atoms with Crippen LogP contribution >= 0.6 is 11.8 Å². The molecule has 6 nitrogen and oxygen atoms in total. The van der Waals surface area contributed by atoms with Crippen molar-refractivity contribution in [3.8, 4) is 17.2 Å². The molecule has 0 fully saturated rings. The van der Waals surface area contributed by atoms with Crippen LogP contribution in [0.1, 0.15) is 50.7 Å². The van der Waals surface area contributed by atoms with E-state index in [4.69, 9.17) is 9.15 Å². The summed E-state index contributed by atoms with van der Waals surface area (Å²) in [7, 11) is 1.62. The van der Waals surface area contributed by atoms with Gasteiger partial charge in [0.25, 0.3) is 5.22 Å². The summed E-state index contributed by atoms with van der Waals surface area (Å²) in [5, 5.41) is 11.6. The van der Waals surface area contributed by atoms with Crippen molar-refractivity contribution in [3.05, 3.63) is 53.6 Å². The van der Waals surface area contributed by atoms with Gasteiger partial charge >= 0.3 is 0 Å².